The number of nitrogens with one attached hydrogen (secondary N) is 1. The zero-order valence-corrected chi connectivity index (χ0v) is 16.8. The van der Waals surface area contributed by atoms with E-state index < -0.39 is 0 Å². The molecule has 7 nitrogen and oxygen atoms in total. The van der Waals surface area contributed by atoms with Crippen molar-refractivity contribution in [3.8, 4) is 11.5 Å². The Hall–Kier alpha value is -3.35. The van der Waals surface area contributed by atoms with E-state index in [-0.39, 0.29) is 30.7 Å². The highest BCUT2D eigenvalue weighted by Gasteiger charge is 2.34. The van der Waals surface area contributed by atoms with E-state index in [0.717, 1.165) is 16.0 Å². The van der Waals surface area contributed by atoms with Gasteiger partial charge in [-0.2, -0.15) is 0 Å². The van der Waals surface area contributed by atoms with Gasteiger partial charge in [0.25, 0.3) is 11.8 Å². The largest absolute Gasteiger partial charge is 0.493 e. The zero-order chi connectivity index (χ0) is 21.0. The lowest BCUT2D eigenvalue weighted by Gasteiger charge is -2.14. The van der Waals surface area contributed by atoms with Crippen LogP contribution in [0, 0.1) is 6.92 Å². The van der Waals surface area contributed by atoms with Gasteiger partial charge in [-0.25, -0.2) is 0 Å². The van der Waals surface area contributed by atoms with Crippen molar-refractivity contribution in [2.75, 3.05) is 27.3 Å². The Morgan fingerprint density at radius 2 is 1.59 bits per heavy atom. The molecule has 3 rings (SSSR count). The summed E-state index contributed by atoms with van der Waals surface area (Å²) in [5, 5.41) is 2.84. The average molecular weight is 396 g/mol. The number of hydrogen-bond acceptors (Lipinski definition) is 5. The predicted molar refractivity (Wildman–Crippen MR) is 107 cm³/mol. The molecule has 152 valence electrons. The molecule has 0 spiro atoms. The summed E-state index contributed by atoms with van der Waals surface area (Å²) in [7, 11) is 3.17. The molecule has 0 bridgehead atoms. The summed E-state index contributed by atoms with van der Waals surface area (Å²) in [4.78, 5) is 37.9. The van der Waals surface area contributed by atoms with Gasteiger partial charge in [0, 0.05) is 19.5 Å². The molecular formula is C22H24N2O5. The van der Waals surface area contributed by atoms with Gasteiger partial charge in [-0.05, 0) is 48.7 Å². The monoisotopic (exact) mass is 396 g/mol. The number of ether oxygens (including phenoxy) is 2. The minimum Gasteiger partial charge on any atom is -0.493 e. The number of methoxy groups -OCH3 is 2. The summed E-state index contributed by atoms with van der Waals surface area (Å²) in [5.41, 5.74) is 2.87. The van der Waals surface area contributed by atoms with Crippen LogP contribution in [0.4, 0.5) is 0 Å². The van der Waals surface area contributed by atoms with E-state index in [2.05, 4.69) is 5.32 Å². The number of nitrogens with zero attached hydrogens (tertiary/aromatic N) is 1. The van der Waals surface area contributed by atoms with E-state index in [1.54, 1.807) is 38.5 Å². The molecule has 0 saturated heterocycles. The number of benzene rings is 2. The molecule has 0 fully saturated rings. The molecule has 0 aromatic heterocycles. The predicted octanol–water partition coefficient (Wildman–Crippen LogP) is 2.36. The van der Waals surface area contributed by atoms with Crippen molar-refractivity contribution in [3.63, 3.8) is 0 Å². The van der Waals surface area contributed by atoms with Crippen molar-refractivity contribution in [3.05, 3.63) is 58.7 Å². The Bertz CT molecular complexity index is 919. The molecule has 29 heavy (non-hydrogen) atoms. The lowest BCUT2D eigenvalue weighted by atomic mass is 10.0. The fourth-order valence-corrected chi connectivity index (χ4v) is 3.37. The number of fused-ring (bicyclic) bond motifs is 1. The summed E-state index contributed by atoms with van der Waals surface area (Å²) >= 11 is 0. The van der Waals surface area contributed by atoms with E-state index in [1.807, 2.05) is 19.1 Å². The van der Waals surface area contributed by atoms with Crippen molar-refractivity contribution in [2.45, 2.75) is 19.8 Å². The number of carbonyl (C=O) groups is 3. The molecule has 7 heteroatoms. The molecule has 0 atom stereocenters. The second-order valence-electron chi connectivity index (χ2n) is 6.79. The highest BCUT2D eigenvalue weighted by Crippen LogP contribution is 2.30. The smallest absolute Gasteiger partial charge is 0.261 e. The van der Waals surface area contributed by atoms with Crippen LogP contribution in [-0.2, 0) is 11.2 Å². The average Bonchev–Trinajstić information content (AvgIpc) is 2.97. The van der Waals surface area contributed by atoms with Crippen LogP contribution in [0.1, 0.15) is 38.3 Å². The first-order chi connectivity index (χ1) is 14.0. The molecular weight excluding hydrogens is 372 g/mol. The minimum absolute atomic E-state index is 0.0631. The van der Waals surface area contributed by atoms with Crippen LogP contribution in [-0.4, -0.2) is 49.9 Å². The van der Waals surface area contributed by atoms with Crippen molar-refractivity contribution >= 4 is 17.7 Å². The maximum absolute atomic E-state index is 12.3. The molecule has 0 aliphatic carbocycles. The number of carbonyl (C=O) groups excluding carboxylic acids is 3. The number of imide groups is 1. The fraction of sp³-hybridized carbons (Fsp3) is 0.318. The molecule has 1 aliphatic rings. The van der Waals surface area contributed by atoms with E-state index in [4.69, 9.17) is 9.47 Å². The Balaban J connectivity index is 1.50. The van der Waals surface area contributed by atoms with Gasteiger partial charge in [-0.1, -0.05) is 12.1 Å². The van der Waals surface area contributed by atoms with Crippen LogP contribution in [0.3, 0.4) is 0 Å². The number of hydrogen-bond donors (Lipinski definition) is 1. The van der Waals surface area contributed by atoms with Crippen LogP contribution in [0.5, 0.6) is 11.5 Å². The Labute approximate surface area is 169 Å². The number of amides is 3. The Morgan fingerprint density at radius 3 is 2.17 bits per heavy atom. The molecule has 2 aromatic rings. The SMILES string of the molecule is COc1cc(C)c(CCNC(=O)CCN2C(=O)c3ccccc3C2=O)cc1OC. The van der Waals surface area contributed by atoms with Crippen LogP contribution in [0.2, 0.25) is 0 Å². The highest BCUT2D eigenvalue weighted by molar-refractivity contribution is 6.21. The first-order valence-corrected chi connectivity index (χ1v) is 9.39. The standard InChI is InChI=1S/C22H24N2O5/c1-14-12-18(28-2)19(29-3)13-15(14)8-10-23-20(25)9-11-24-21(26)16-6-4-5-7-17(16)22(24)27/h4-7,12-13H,8-11H2,1-3H3,(H,23,25). The molecule has 0 saturated carbocycles. The summed E-state index contributed by atoms with van der Waals surface area (Å²) < 4.78 is 10.6. The van der Waals surface area contributed by atoms with Crippen molar-refractivity contribution in [2.24, 2.45) is 0 Å². The van der Waals surface area contributed by atoms with Crippen molar-refractivity contribution < 1.29 is 23.9 Å². The van der Waals surface area contributed by atoms with E-state index >= 15 is 0 Å². The normalized spacial score (nSPS) is 12.7. The van der Waals surface area contributed by atoms with E-state index in [0.29, 0.717) is 35.6 Å². The third-order valence-electron chi connectivity index (χ3n) is 5.00. The number of aryl methyl sites for hydroxylation is 1. The molecule has 0 radical (unpaired) electrons. The molecule has 1 aliphatic heterocycles. The van der Waals surface area contributed by atoms with Crippen molar-refractivity contribution in [1.82, 2.24) is 10.2 Å². The van der Waals surface area contributed by atoms with Gasteiger partial charge in [0.05, 0.1) is 25.3 Å². The summed E-state index contributed by atoms with van der Waals surface area (Å²) in [6.45, 7) is 2.48. The fourth-order valence-electron chi connectivity index (χ4n) is 3.37. The maximum Gasteiger partial charge on any atom is 0.261 e. The molecule has 3 amide bonds. The second kappa shape index (κ2) is 8.77. The lowest BCUT2D eigenvalue weighted by molar-refractivity contribution is -0.121. The van der Waals surface area contributed by atoms with Gasteiger partial charge >= 0.3 is 0 Å². The first kappa shape index (κ1) is 20.4. The molecule has 1 heterocycles. The van der Waals surface area contributed by atoms with Gasteiger partial charge in [0.1, 0.15) is 0 Å². The first-order valence-electron chi connectivity index (χ1n) is 9.39. The lowest BCUT2D eigenvalue weighted by Crippen LogP contribution is -2.35. The summed E-state index contributed by atoms with van der Waals surface area (Å²) in [6, 6.07) is 10.5. The van der Waals surface area contributed by atoms with Crippen LogP contribution < -0.4 is 14.8 Å². The topological polar surface area (TPSA) is 84.9 Å². The van der Waals surface area contributed by atoms with Gasteiger partial charge in [-0.15, -0.1) is 0 Å². The highest BCUT2D eigenvalue weighted by atomic mass is 16.5. The van der Waals surface area contributed by atoms with E-state index in [1.165, 1.54) is 0 Å². The Morgan fingerprint density at radius 1 is 1.00 bits per heavy atom. The van der Waals surface area contributed by atoms with Gasteiger partial charge in [0.2, 0.25) is 5.91 Å². The van der Waals surface area contributed by atoms with Gasteiger partial charge in [0.15, 0.2) is 11.5 Å². The molecule has 0 unspecified atom stereocenters. The van der Waals surface area contributed by atoms with Crippen molar-refractivity contribution in [1.29, 1.82) is 0 Å². The van der Waals surface area contributed by atoms with Crippen LogP contribution in [0.25, 0.3) is 0 Å². The minimum atomic E-state index is -0.348. The third kappa shape index (κ3) is 4.23. The Kier molecular flexibility index (Phi) is 6.16. The van der Waals surface area contributed by atoms with Crippen LogP contribution >= 0.6 is 0 Å². The summed E-state index contributed by atoms with van der Waals surface area (Å²) in [5.74, 6) is 0.405. The van der Waals surface area contributed by atoms with Gasteiger partial charge in [-0.3, -0.25) is 19.3 Å². The molecule has 2 aromatic carbocycles. The molecule has 1 N–H and O–H groups in total. The number of rotatable bonds is 8. The van der Waals surface area contributed by atoms with Gasteiger partial charge < -0.3 is 14.8 Å². The zero-order valence-electron chi connectivity index (χ0n) is 16.8. The van der Waals surface area contributed by atoms with E-state index in [9.17, 15) is 14.4 Å². The maximum atomic E-state index is 12.3. The second-order valence-corrected chi connectivity index (χ2v) is 6.79. The third-order valence-corrected chi connectivity index (χ3v) is 5.00. The van der Waals surface area contributed by atoms with Crippen LogP contribution in [0.15, 0.2) is 36.4 Å². The quantitative estimate of drug-likeness (QED) is 0.693. The summed E-state index contributed by atoms with van der Waals surface area (Å²) in [6.07, 6.45) is 0.696.